The Balaban J connectivity index is 2.14. The van der Waals surface area contributed by atoms with Gasteiger partial charge in [0, 0.05) is 19.1 Å². The second kappa shape index (κ2) is 6.87. The van der Waals surface area contributed by atoms with Crippen LogP contribution in [0.15, 0.2) is 24.3 Å². The Morgan fingerprint density at radius 1 is 1.33 bits per heavy atom. The number of hydrogen-bond donors (Lipinski definition) is 1. The third-order valence-corrected chi connectivity index (χ3v) is 5.55. The van der Waals surface area contributed by atoms with Crippen LogP contribution in [-0.4, -0.2) is 45.1 Å². The van der Waals surface area contributed by atoms with Crippen LogP contribution >= 0.6 is 0 Å². The van der Waals surface area contributed by atoms with Gasteiger partial charge in [0.15, 0.2) is 0 Å². The number of benzene rings is 1. The molecule has 1 aliphatic heterocycles. The highest BCUT2D eigenvalue weighted by Crippen LogP contribution is 2.19. The number of rotatable bonds is 5. The molecule has 1 aromatic carbocycles. The van der Waals surface area contributed by atoms with Gasteiger partial charge < -0.3 is 10.1 Å². The zero-order valence-electron chi connectivity index (χ0n) is 12.9. The number of hydrogen-bond acceptors (Lipinski definition) is 4. The molecule has 6 heteroatoms. The second-order valence-electron chi connectivity index (χ2n) is 5.67. The third kappa shape index (κ3) is 4.26. The first-order chi connectivity index (χ1) is 9.92. The van der Waals surface area contributed by atoms with Gasteiger partial charge in [0.05, 0.1) is 18.5 Å². The lowest BCUT2D eigenvalue weighted by Crippen LogP contribution is -2.50. The molecule has 1 fully saturated rings. The van der Waals surface area contributed by atoms with Crippen molar-refractivity contribution in [2.45, 2.75) is 38.3 Å². The van der Waals surface area contributed by atoms with Crippen molar-refractivity contribution in [3.8, 4) is 0 Å². The molecule has 2 unspecified atom stereocenters. The fourth-order valence-corrected chi connectivity index (χ4v) is 4.40. The van der Waals surface area contributed by atoms with Crippen molar-refractivity contribution in [3.63, 3.8) is 0 Å². The molecule has 5 nitrogen and oxygen atoms in total. The Morgan fingerprint density at radius 3 is 2.76 bits per heavy atom. The number of nitrogens with one attached hydrogen (secondary N) is 1. The first-order valence-electron chi connectivity index (χ1n) is 7.26. The summed E-state index contributed by atoms with van der Waals surface area (Å²) in [4.78, 5) is 0. The van der Waals surface area contributed by atoms with Gasteiger partial charge in [0.1, 0.15) is 0 Å². The van der Waals surface area contributed by atoms with Crippen LogP contribution < -0.4 is 5.32 Å². The normalized spacial score (nSPS) is 24.1. The molecular weight excluding hydrogens is 288 g/mol. The van der Waals surface area contributed by atoms with E-state index in [1.54, 1.807) is 4.31 Å². The summed E-state index contributed by atoms with van der Waals surface area (Å²) < 4.78 is 32.3. The molecule has 118 valence electrons. The summed E-state index contributed by atoms with van der Waals surface area (Å²) in [6, 6.07) is 7.61. The molecule has 1 aliphatic rings. The maximum absolute atomic E-state index is 12.6. The SMILES string of the molecule is CNCc1cccc(CS(=O)(=O)N2CC(C)OCC2C)c1. The molecule has 0 radical (unpaired) electrons. The smallest absolute Gasteiger partial charge is 0.218 e. The lowest BCUT2D eigenvalue weighted by atomic mass is 10.1. The first kappa shape index (κ1) is 16.4. The monoisotopic (exact) mass is 312 g/mol. The molecule has 2 rings (SSSR count). The highest BCUT2D eigenvalue weighted by Gasteiger charge is 2.32. The minimum Gasteiger partial charge on any atom is -0.375 e. The van der Waals surface area contributed by atoms with Gasteiger partial charge in [-0.25, -0.2) is 8.42 Å². The second-order valence-corrected chi connectivity index (χ2v) is 7.59. The molecule has 2 atom stereocenters. The molecule has 0 amide bonds. The minimum absolute atomic E-state index is 0.0433. The molecule has 1 aromatic rings. The summed E-state index contributed by atoms with van der Waals surface area (Å²) >= 11 is 0. The summed E-state index contributed by atoms with van der Waals surface area (Å²) in [6.45, 7) is 5.42. The summed E-state index contributed by atoms with van der Waals surface area (Å²) in [7, 11) is -1.44. The minimum atomic E-state index is -3.32. The van der Waals surface area contributed by atoms with E-state index in [-0.39, 0.29) is 17.9 Å². The number of nitrogens with zero attached hydrogens (tertiary/aromatic N) is 1. The Bertz CT molecular complexity index is 574. The molecule has 0 aromatic heterocycles. The van der Waals surface area contributed by atoms with Crippen molar-refractivity contribution in [2.75, 3.05) is 20.2 Å². The Hall–Kier alpha value is -0.950. The molecule has 1 N–H and O–H groups in total. The number of morpholine rings is 1. The predicted octanol–water partition coefficient (Wildman–Crippen LogP) is 1.35. The van der Waals surface area contributed by atoms with E-state index >= 15 is 0 Å². The third-order valence-electron chi connectivity index (χ3n) is 3.63. The Kier molecular flexibility index (Phi) is 5.37. The van der Waals surface area contributed by atoms with Crippen LogP contribution in [0, 0.1) is 0 Å². The van der Waals surface area contributed by atoms with Crippen LogP contribution in [0.5, 0.6) is 0 Å². The van der Waals surface area contributed by atoms with Gasteiger partial charge in [-0.2, -0.15) is 4.31 Å². The predicted molar refractivity (Wildman–Crippen MR) is 83.4 cm³/mol. The molecule has 1 saturated heterocycles. The van der Waals surface area contributed by atoms with Crippen LogP contribution in [0.25, 0.3) is 0 Å². The summed E-state index contributed by atoms with van der Waals surface area (Å²) in [5.41, 5.74) is 1.92. The van der Waals surface area contributed by atoms with Crippen molar-refractivity contribution in [3.05, 3.63) is 35.4 Å². The van der Waals surface area contributed by atoms with Gasteiger partial charge >= 0.3 is 0 Å². The lowest BCUT2D eigenvalue weighted by molar-refractivity contribution is -0.0171. The van der Waals surface area contributed by atoms with Gasteiger partial charge in [0.2, 0.25) is 10.0 Å². The fraction of sp³-hybridized carbons (Fsp3) is 0.600. The van der Waals surface area contributed by atoms with Crippen molar-refractivity contribution < 1.29 is 13.2 Å². The summed E-state index contributed by atoms with van der Waals surface area (Å²) in [5, 5.41) is 3.07. The van der Waals surface area contributed by atoms with E-state index in [2.05, 4.69) is 5.32 Å². The van der Waals surface area contributed by atoms with E-state index in [1.807, 2.05) is 45.2 Å². The van der Waals surface area contributed by atoms with Crippen molar-refractivity contribution >= 4 is 10.0 Å². The zero-order chi connectivity index (χ0) is 15.5. The molecule has 0 saturated carbocycles. The van der Waals surface area contributed by atoms with Crippen LogP contribution in [0.1, 0.15) is 25.0 Å². The largest absolute Gasteiger partial charge is 0.375 e. The number of sulfonamides is 1. The maximum Gasteiger partial charge on any atom is 0.218 e. The molecule has 0 spiro atoms. The van der Waals surface area contributed by atoms with Crippen LogP contribution in [0.2, 0.25) is 0 Å². The van der Waals surface area contributed by atoms with Crippen molar-refractivity contribution in [1.82, 2.24) is 9.62 Å². The number of ether oxygens (including phenoxy) is 1. The highest BCUT2D eigenvalue weighted by atomic mass is 32.2. The van der Waals surface area contributed by atoms with Crippen LogP contribution in [-0.2, 0) is 27.1 Å². The van der Waals surface area contributed by atoms with Gasteiger partial charge in [0.25, 0.3) is 0 Å². The average Bonchev–Trinajstić information content (AvgIpc) is 2.42. The van der Waals surface area contributed by atoms with E-state index in [0.29, 0.717) is 13.2 Å². The van der Waals surface area contributed by atoms with Crippen LogP contribution in [0.4, 0.5) is 0 Å². The van der Waals surface area contributed by atoms with Crippen molar-refractivity contribution in [2.24, 2.45) is 0 Å². The van der Waals surface area contributed by atoms with E-state index in [1.165, 1.54) is 0 Å². The van der Waals surface area contributed by atoms with Gasteiger partial charge in [-0.15, -0.1) is 0 Å². The van der Waals surface area contributed by atoms with Crippen molar-refractivity contribution in [1.29, 1.82) is 0 Å². The maximum atomic E-state index is 12.6. The molecular formula is C15H24N2O3S. The standard InChI is InChI=1S/C15H24N2O3S/c1-12-10-20-13(2)9-17(12)21(18,19)11-15-6-4-5-14(7-15)8-16-3/h4-7,12-13,16H,8-11H2,1-3H3. The van der Waals surface area contributed by atoms with Gasteiger partial charge in [-0.05, 0) is 32.0 Å². The Labute approximate surface area is 127 Å². The topological polar surface area (TPSA) is 58.6 Å². The quantitative estimate of drug-likeness (QED) is 0.891. The van der Waals surface area contributed by atoms with E-state index in [4.69, 9.17) is 4.74 Å². The molecule has 21 heavy (non-hydrogen) atoms. The van der Waals surface area contributed by atoms with Gasteiger partial charge in [-0.3, -0.25) is 0 Å². The molecule has 0 bridgehead atoms. The first-order valence-corrected chi connectivity index (χ1v) is 8.87. The van der Waals surface area contributed by atoms with E-state index in [0.717, 1.165) is 17.7 Å². The lowest BCUT2D eigenvalue weighted by Gasteiger charge is -2.35. The molecule has 0 aliphatic carbocycles. The van der Waals surface area contributed by atoms with Gasteiger partial charge in [-0.1, -0.05) is 24.3 Å². The van der Waals surface area contributed by atoms with E-state index in [9.17, 15) is 8.42 Å². The Morgan fingerprint density at radius 2 is 2.05 bits per heavy atom. The average molecular weight is 312 g/mol. The fourth-order valence-electron chi connectivity index (χ4n) is 2.59. The van der Waals surface area contributed by atoms with E-state index < -0.39 is 10.0 Å². The summed E-state index contributed by atoms with van der Waals surface area (Å²) in [6.07, 6.45) is -0.0494. The molecule has 1 heterocycles. The van der Waals surface area contributed by atoms with Crippen LogP contribution in [0.3, 0.4) is 0 Å². The highest BCUT2D eigenvalue weighted by molar-refractivity contribution is 7.88. The zero-order valence-corrected chi connectivity index (χ0v) is 13.7. The summed E-state index contributed by atoms with van der Waals surface area (Å²) in [5.74, 6) is 0.0433.